The third-order valence-corrected chi connectivity index (χ3v) is 2.51. The SMILES string of the molecule is COCCCCOc1c(Cl)cccc1CO. The van der Waals surface area contributed by atoms with Crippen molar-refractivity contribution in [3.05, 3.63) is 28.8 Å². The Morgan fingerprint density at radius 3 is 2.69 bits per heavy atom. The second-order valence-corrected chi connectivity index (χ2v) is 3.84. The highest BCUT2D eigenvalue weighted by Crippen LogP contribution is 2.28. The van der Waals surface area contributed by atoms with E-state index in [1.54, 1.807) is 25.3 Å². The fourth-order valence-corrected chi connectivity index (χ4v) is 1.61. The zero-order chi connectivity index (χ0) is 11.8. The summed E-state index contributed by atoms with van der Waals surface area (Å²) >= 11 is 5.99. The van der Waals surface area contributed by atoms with Gasteiger partial charge in [-0.1, -0.05) is 23.7 Å². The van der Waals surface area contributed by atoms with Crippen molar-refractivity contribution in [2.24, 2.45) is 0 Å². The molecule has 1 aromatic carbocycles. The smallest absolute Gasteiger partial charge is 0.143 e. The van der Waals surface area contributed by atoms with E-state index in [1.807, 2.05) is 0 Å². The molecule has 0 aromatic heterocycles. The normalized spacial score (nSPS) is 10.4. The first-order chi connectivity index (χ1) is 7.79. The van der Waals surface area contributed by atoms with Gasteiger partial charge in [-0.05, 0) is 18.9 Å². The van der Waals surface area contributed by atoms with Crippen LogP contribution in [-0.2, 0) is 11.3 Å². The number of hydrogen-bond acceptors (Lipinski definition) is 3. The fourth-order valence-electron chi connectivity index (χ4n) is 1.36. The Kier molecular flexibility index (Phi) is 6.23. The lowest BCUT2D eigenvalue weighted by atomic mass is 10.2. The number of aliphatic hydroxyl groups excluding tert-OH is 1. The summed E-state index contributed by atoms with van der Waals surface area (Å²) in [6.07, 6.45) is 1.86. The summed E-state index contributed by atoms with van der Waals surface area (Å²) in [5, 5.41) is 9.67. The van der Waals surface area contributed by atoms with Crippen molar-refractivity contribution < 1.29 is 14.6 Å². The van der Waals surface area contributed by atoms with E-state index < -0.39 is 0 Å². The largest absolute Gasteiger partial charge is 0.492 e. The molecule has 0 aliphatic carbocycles. The van der Waals surface area contributed by atoms with E-state index in [2.05, 4.69) is 0 Å². The standard InChI is InChI=1S/C12H17ClO3/c1-15-7-2-3-8-16-12-10(9-14)5-4-6-11(12)13/h4-6,14H,2-3,7-9H2,1H3. The molecule has 0 bridgehead atoms. The number of benzene rings is 1. The first-order valence-corrected chi connectivity index (χ1v) is 5.67. The molecule has 0 fully saturated rings. The van der Waals surface area contributed by atoms with Gasteiger partial charge in [0.1, 0.15) is 5.75 Å². The summed E-state index contributed by atoms with van der Waals surface area (Å²) in [4.78, 5) is 0. The number of methoxy groups -OCH3 is 1. The second-order valence-electron chi connectivity index (χ2n) is 3.43. The fraction of sp³-hybridized carbons (Fsp3) is 0.500. The van der Waals surface area contributed by atoms with Gasteiger partial charge in [0.2, 0.25) is 0 Å². The third-order valence-electron chi connectivity index (χ3n) is 2.21. The average Bonchev–Trinajstić information content (AvgIpc) is 2.30. The summed E-state index contributed by atoms with van der Waals surface area (Å²) in [5.41, 5.74) is 0.722. The molecule has 0 heterocycles. The van der Waals surface area contributed by atoms with Gasteiger partial charge in [0, 0.05) is 19.3 Å². The van der Waals surface area contributed by atoms with Gasteiger partial charge in [-0.2, -0.15) is 0 Å². The molecular weight excluding hydrogens is 228 g/mol. The maximum atomic E-state index is 9.12. The first-order valence-electron chi connectivity index (χ1n) is 5.29. The molecule has 1 rings (SSSR count). The Balaban J connectivity index is 2.46. The van der Waals surface area contributed by atoms with Crippen LogP contribution in [-0.4, -0.2) is 25.4 Å². The lowest BCUT2D eigenvalue weighted by molar-refractivity contribution is 0.183. The monoisotopic (exact) mass is 244 g/mol. The Bertz CT molecular complexity index is 315. The third kappa shape index (κ3) is 4.00. The van der Waals surface area contributed by atoms with E-state index in [0.29, 0.717) is 17.4 Å². The van der Waals surface area contributed by atoms with E-state index >= 15 is 0 Å². The zero-order valence-corrected chi connectivity index (χ0v) is 10.2. The van der Waals surface area contributed by atoms with E-state index in [4.69, 9.17) is 26.2 Å². The van der Waals surface area contributed by atoms with Gasteiger partial charge in [0.25, 0.3) is 0 Å². The molecule has 0 aliphatic heterocycles. The van der Waals surface area contributed by atoms with E-state index in [-0.39, 0.29) is 6.61 Å². The number of para-hydroxylation sites is 1. The topological polar surface area (TPSA) is 38.7 Å². The van der Waals surface area contributed by atoms with Crippen LogP contribution >= 0.6 is 11.6 Å². The lowest BCUT2D eigenvalue weighted by Crippen LogP contribution is -2.02. The maximum Gasteiger partial charge on any atom is 0.143 e. The van der Waals surface area contributed by atoms with Crippen LogP contribution in [0.15, 0.2) is 18.2 Å². The molecule has 0 radical (unpaired) electrons. The van der Waals surface area contributed by atoms with Crippen molar-refractivity contribution in [1.82, 2.24) is 0 Å². The van der Waals surface area contributed by atoms with Crippen molar-refractivity contribution in [3.8, 4) is 5.75 Å². The number of hydrogen-bond donors (Lipinski definition) is 1. The van der Waals surface area contributed by atoms with Crippen LogP contribution in [0.25, 0.3) is 0 Å². The quantitative estimate of drug-likeness (QED) is 0.750. The molecular formula is C12H17ClO3. The molecule has 16 heavy (non-hydrogen) atoms. The molecule has 0 amide bonds. The van der Waals surface area contributed by atoms with Crippen LogP contribution in [0.2, 0.25) is 5.02 Å². The minimum atomic E-state index is -0.0615. The Hall–Kier alpha value is -0.770. The van der Waals surface area contributed by atoms with Gasteiger partial charge in [-0.15, -0.1) is 0 Å². The predicted octanol–water partition coefficient (Wildman–Crippen LogP) is 2.64. The van der Waals surface area contributed by atoms with E-state index in [9.17, 15) is 0 Å². The van der Waals surface area contributed by atoms with Gasteiger partial charge >= 0.3 is 0 Å². The van der Waals surface area contributed by atoms with E-state index in [1.165, 1.54) is 0 Å². The van der Waals surface area contributed by atoms with E-state index in [0.717, 1.165) is 25.0 Å². The molecule has 4 heteroatoms. The minimum absolute atomic E-state index is 0.0615. The molecule has 90 valence electrons. The van der Waals surface area contributed by atoms with Crippen LogP contribution in [0, 0.1) is 0 Å². The molecule has 1 N–H and O–H groups in total. The highest BCUT2D eigenvalue weighted by molar-refractivity contribution is 6.32. The number of aliphatic hydroxyl groups is 1. The Morgan fingerprint density at radius 1 is 1.25 bits per heavy atom. The van der Waals surface area contributed by atoms with Crippen LogP contribution < -0.4 is 4.74 Å². The summed E-state index contributed by atoms with van der Waals surface area (Å²) in [7, 11) is 1.68. The summed E-state index contributed by atoms with van der Waals surface area (Å²) in [6, 6.07) is 5.35. The highest BCUT2D eigenvalue weighted by Gasteiger charge is 2.06. The molecule has 0 saturated heterocycles. The predicted molar refractivity (Wildman–Crippen MR) is 64.0 cm³/mol. The van der Waals surface area contributed by atoms with Crippen LogP contribution in [0.3, 0.4) is 0 Å². The molecule has 0 aliphatic rings. The second kappa shape index (κ2) is 7.49. The van der Waals surface area contributed by atoms with Crippen molar-refractivity contribution in [3.63, 3.8) is 0 Å². The highest BCUT2D eigenvalue weighted by atomic mass is 35.5. The van der Waals surface area contributed by atoms with Gasteiger partial charge in [-0.25, -0.2) is 0 Å². The Labute approximate surface area is 101 Å². The van der Waals surface area contributed by atoms with Crippen LogP contribution in [0.5, 0.6) is 5.75 Å². The summed E-state index contributed by atoms with van der Waals surface area (Å²) in [6.45, 7) is 1.26. The number of rotatable bonds is 7. The lowest BCUT2D eigenvalue weighted by Gasteiger charge is -2.11. The van der Waals surface area contributed by atoms with Crippen LogP contribution in [0.1, 0.15) is 18.4 Å². The number of ether oxygens (including phenoxy) is 2. The molecule has 0 atom stereocenters. The van der Waals surface area contributed by atoms with Gasteiger partial charge in [-0.3, -0.25) is 0 Å². The van der Waals surface area contributed by atoms with Crippen molar-refractivity contribution in [2.45, 2.75) is 19.4 Å². The number of unbranched alkanes of at least 4 members (excludes halogenated alkanes) is 1. The summed E-state index contributed by atoms with van der Waals surface area (Å²) < 4.78 is 10.5. The summed E-state index contributed by atoms with van der Waals surface area (Å²) in [5.74, 6) is 0.587. The van der Waals surface area contributed by atoms with Gasteiger partial charge in [0.15, 0.2) is 0 Å². The molecule has 0 unspecified atom stereocenters. The zero-order valence-electron chi connectivity index (χ0n) is 9.41. The molecule has 1 aromatic rings. The minimum Gasteiger partial charge on any atom is -0.492 e. The maximum absolute atomic E-state index is 9.12. The van der Waals surface area contributed by atoms with Crippen molar-refractivity contribution in [1.29, 1.82) is 0 Å². The van der Waals surface area contributed by atoms with Crippen molar-refractivity contribution in [2.75, 3.05) is 20.3 Å². The number of halogens is 1. The molecule has 0 spiro atoms. The van der Waals surface area contributed by atoms with Gasteiger partial charge in [0.05, 0.1) is 18.2 Å². The Morgan fingerprint density at radius 2 is 2.00 bits per heavy atom. The molecule has 0 saturated carbocycles. The van der Waals surface area contributed by atoms with Crippen molar-refractivity contribution >= 4 is 11.6 Å². The van der Waals surface area contributed by atoms with Gasteiger partial charge < -0.3 is 14.6 Å². The first kappa shape index (κ1) is 13.3. The average molecular weight is 245 g/mol. The van der Waals surface area contributed by atoms with Crippen LogP contribution in [0.4, 0.5) is 0 Å². The molecule has 3 nitrogen and oxygen atoms in total.